The van der Waals surface area contributed by atoms with Gasteiger partial charge in [-0.15, -0.1) is 13.2 Å². The van der Waals surface area contributed by atoms with Crippen LogP contribution in [0.25, 0.3) is 0 Å². The van der Waals surface area contributed by atoms with Gasteiger partial charge in [0.15, 0.2) is 0 Å². The van der Waals surface area contributed by atoms with E-state index in [1.165, 1.54) is 0 Å². The molecule has 0 N–H and O–H groups in total. The van der Waals surface area contributed by atoms with Gasteiger partial charge in [-0.05, 0) is 29.0 Å². The molecule has 0 spiro atoms. The third-order valence-corrected chi connectivity index (χ3v) is 7.70. The van der Waals surface area contributed by atoms with Gasteiger partial charge in [0.1, 0.15) is 0 Å². The maximum Gasteiger partial charge on any atom is 0.0522 e. The van der Waals surface area contributed by atoms with Crippen molar-refractivity contribution < 1.29 is 0 Å². The number of halogens is 2. The van der Waals surface area contributed by atoms with E-state index in [0.29, 0.717) is 12.1 Å². The van der Waals surface area contributed by atoms with Crippen LogP contribution in [0.4, 0.5) is 0 Å². The van der Waals surface area contributed by atoms with Gasteiger partial charge < -0.3 is 0 Å². The highest BCUT2D eigenvalue weighted by atomic mass is 127. The van der Waals surface area contributed by atoms with Crippen molar-refractivity contribution in [3.05, 3.63) is 25.3 Å². The summed E-state index contributed by atoms with van der Waals surface area (Å²) in [6, 6.07) is 0.713. The number of likely N-dealkylation sites (N-methyl/N-ethyl adjacent to an activating group) is 1. The summed E-state index contributed by atoms with van der Waals surface area (Å²) in [7, 11) is 5.40. The van der Waals surface area contributed by atoms with Crippen LogP contribution in [-0.4, -0.2) is 27.1 Å². The van der Waals surface area contributed by atoms with Crippen LogP contribution < -0.4 is 0 Å². The number of rotatable bonds is 9. The van der Waals surface area contributed by atoms with E-state index in [2.05, 4.69) is 79.7 Å². The zero-order chi connectivity index (χ0) is 12.6. The molecule has 0 aliphatic carbocycles. The topological polar surface area (TPSA) is 6.48 Å². The summed E-state index contributed by atoms with van der Waals surface area (Å²) < 4.78 is 4.23. The predicted molar refractivity (Wildman–Crippen MR) is 99.0 cm³/mol. The van der Waals surface area contributed by atoms with Crippen LogP contribution in [0.1, 0.15) is 12.8 Å². The second-order valence-corrected chi connectivity index (χ2v) is 7.48. The van der Waals surface area contributed by atoms with E-state index in [4.69, 9.17) is 0 Å². The molecule has 7 heteroatoms. The molecule has 0 amide bonds. The lowest BCUT2D eigenvalue weighted by atomic mass is 10.0. The molecule has 2 atom stereocenters. The van der Waals surface area contributed by atoms with Crippen molar-refractivity contribution in [1.29, 1.82) is 0 Å². The fourth-order valence-corrected chi connectivity index (χ4v) is 4.04. The molecule has 2 unspecified atom stereocenters. The molecule has 0 aliphatic heterocycles. The summed E-state index contributed by atoms with van der Waals surface area (Å²) in [6.07, 6.45) is 5.77. The molecule has 0 aliphatic rings. The number of thiol groups is 1. The zero-order valence-electron chi connectivity index (χ0n) is 9.05. The van der Waals surface area contributed by atoms with Gasteiger partial charge in [0.05, 0.1) is 6.04 Å². The maximum atomic E-state index is 4.49. The van der Waals surface area contributed by atoms with Gasteiger partial charge in [0.25, 0.3) is 0 Å². The molecule has 2 nitrogen and oxygen atoms in total. The molecule has 94 valence electrons. The SMILES string of the molecule is C=CCC(C(CC=C)N(S)SI)N(C)SI. The van der Waals surface area contributed by atoms with E-state index in [9.17, 15) is 0 Å². The van der Waals surface area contributed by atoms with E-state index >= 15 is 0 Å². The third-order valence-electron chi connectivity index (χ3n) is 2.19. The molecule has 0 fully saturated rings. The quantitative estimate of drug-likeness (QED) is 0.206. The van der Waals surface area contributed by atoms with Gasteiger partial charge >= 0.3 is 0 Å². The van der Waals surface area contributed by atoms with Crippen molar-refractivity contribution >= 4 is 73.5 Å². The number of hydrogen-bond acceptors (Lipinski definition) is 5. The first-order chi connectivity index (χ1) is 7.62. The molecular weight excluding hydrogens is 486 g/mol. The largest absolute Gasteiger partial charge is 0.240 e. The molecule has 0 aromatic heterocycles. The molecule has 0 heterocycles. The lowest BCUT2D eigenvalue weighted by molar-refractivity contribution is 0.298. The third kappa shape index (κ3) is 6.19. The van der Waals surface area contributed by atoms with E-state index in [-0.39, 0.29) is 0 Å². The molecule has 16 heavy (non-hydrogen) atoms. The summed E-state index contributed by atoms with van der Waals surface area (Å²) >= 11 is 9.03. The van der Waals surface area contributed by atoms with Crippen LogP contribution in [0.5, 0.6) is 0 Å². The van der Waals surface area contributed by atoms with Crippen molar-refractivity contribution in [3.63, 3.8) is 0 Å². The minimum absolute atomic E-state index is 0.327. The second kappa shape index (κ2) is 10.8. The second-order valence-electron chi connectivity index (χ2n) is 3.17. The lowest BCUT2D eigenvalue weighted by Crippen LogP contribution is -2.42. The van der Waals surface area contributed by atoms with Crippen LogP contribution in [-0.2, 0) is 0 Å². The Morgan fingerprint density at radius 1 is 1.19 bits per heavy atom. The van der Waals surface area contributed by atoms with Crippen molar-refractivity contribution in [1.82, 2.24) is 8.02 Å². The normalized spacial score (nSPS) is 15.1. The minimum Gasteiger partial charge on any atom is -0.240 e. The molecule has 0 aromatic rings. The molecule has 0 bridgehead atoms. The van der Waals surface area contributed by atoms with Gasteiger partial charge in [-0.1, -0.05) is 25.0 Å². The van der Waals surface area contributed by atoms with Gasteiger partial charge in [0, 0.05) is 57.6 Å². The molecular formula is C9H16I2N2S3. The summed E-state index contributed by atoms with van der Waals surface area (Å²) in [4.78, 5) is 0. The van der Waals surface area contributed by atoms with E-state index in [1.54, 1.807) is 18.2 Å². The number of nitrogens with zero attached hydrogens (tertiary/aromatic N) is 2. The fraction of sp³-hybridized carbons (Fsp3) is 0.556. The summed E-state index contributed by atoms with van der Waals surface area (Å²) in [5.41, 5.74) is 0. The van der Waals surface area contributed by atoms with E-state index in [1.807, 2.05) is 15.9 Å². The van der Waals surface area contributed by atoms with Gasteiger partial charge in [-0.3, -0.25) is 0 Å². The van der Waals surface area contributed by atoms with Crippen LogP contribution in [0, 0.1) is 0 Å². The first-order valence-corrected chi connectivity index (χ1v) is 11.7. The van der Waals surface area contributed by atoms with Gasteiger partial charge in [-0.2, -0.15) is 3.71 Å². The highest BCUT2D eigenvalue weighted by Gasteiger charge is 2.27. The highest BCUT2D eigenvalue weighted by Crippen LogP contribution is 2.33. The summed E-state index contributed by atoms with van der Waals surface area (Å²) in [5, 5.41) is 0. The Balaban J connectivity index is 4.76. The Hall–Kier alpha value is 1.91. The Labute approximate surface area is 137 Å². The molecule has 0 saturated carbocycles. The van der Waals surface area contributed by atoms with Gasteiger partial charge in [-0.25, -0.2) is 4.31 Å². The molecule has 0 rings (SSSR count). The standard InChI is InChI=1S/C9H16I2N2S3/c1-4-6-8(12(3)15-10)9(7-5-2)13(14)16-11/h4-5,8-9,14H,1-2,6-7H2,3H3. The Bertz CT molecular complexity index is 197. The highest BCUT2D eigenvalue weighted by molar-refractivity contribution is 14.2. The number of hydrogen-bond donors (Lipinski definition) is 1. The first-order valence-electron chi connectivity index (χ1n) is 4.62. The predicted octanol–water partition coefficient (Wildman–Crippen LogP) is 4.95. The Kier molecular flexibility index (Phi) is 12.1. The van der Waals surface area contributed by atoms with Crippen LogP contribution in [0.3, 0.4) is 0 Å². The summed E-state index contributed by atoms with van der Waals surface area (Å²) in [5.74, 6) is 0. The maximum absolute atomic E-state index is 4.49. The Morgan fingerprint density at radius 3 is 2.06 bits per heavy atom. The molecule has 0 radical (unpaired) electrons. The minimum atomic E-state index is 0.327. The molecule has 0 saturated heterocycles. The smallest absolute Gasteiger partial charge is 0.0522 e. The van der Waals surface area contributed by atoms with Crippen molar-refractivity contribution in [2.24, 2.45) is 0 Å². The fourth-order valence-electron chi connectivity index (χ4n) is 1.39. The summed E-state index contributed by atoms with van der Waals surface area (Å²) in [6.45, 7) is 7.65. The molecule has 0 aromatic carbocycles. The van der Waals surface area contributed by atoms with Crippen molar-refractivity contribution in [3.8, 4) is 0 Å². The Morgan fingerprint density at radius 2 is 1.69 bits per heavy atom. The van der Waals surface area contributed by atoms with E-state index < -0.39 is 0 Å². The van der Waals surface area contributed by atoms with Crippen molar-refractivity contribution in [2.75, 3.05) is 7.05 Å². The van der Waals surface area contributed by atoms with E-state index in [0.717, 1.165) is 12.8 Å². The van der Waals surface area contributed by atoms with Crippen molar-refractivity contribution in [2.45, 2.75) is 24.9 Å². The lowest BCUT2D eigenvalue weighted by Gasteiger charge is -2.34. The first kappa shape index (κ1) is 17.9. The average Bonchev–Trinajstić information content (AvgIpc) is 2.31. The van der Waals surface area contributed by atoms with Crippen LogP contribution >= 0.6 is 73.5 Å². The van der Waals surface area contributed by atoms with Gasteiger partial charge in [0.2, 0.25) is 0 Å². The van der Waals surface area contributed by atoms with Crippen LogP contribution in [0.15, 0.2) is 25.3 Å². The average molecular weight is 502 g/mol. The van der Waals surface area contributed by atoms with Crippen LogP contribution in [0.2, 0.25) is 0 Å². The monoisotopic (exact) mass is 502 g/mol. The zero-order valence-corrected chi connectivity index (χ0v) is 15.9.